The van der Waals surface area contributed by atoms with Gasteiger partial charge in [0.2, 0.25) is 0 Å². The molecule has 2 nitrogen and oxygen atoms in total. The Bertz CT molecular complexity index is 308. The monoisotopic (exact) mass is 205 g/mol. The van der Waals surface area contributed by atoms with E-state index in [0.29, 0.717) is 6.61 Å². The van der Waals surface area contributed by atoms with Gasteiger partial charge in [-0.15, -0.1) is 0 Å². The molecular formula is C13H19NO. The van der Waals surface area contributed by atoms with Crippen LogP contribution in [0, 0.1) is 0 Å². The summed E-state index contributed by atoms with van der Waals surface area (Å²) in [5, 5.41) is 0. The van der Waals surface area contributed by atoms with E-state index in [0.717, 1.165) is 11.1 Å². The molecule has 0 saturated heterocycles. The van der Waals surface area contributed by atoms with Crippen LogP contribution in [-0.2, 0) is 4.74 Å². The molecule has 0 bridgehead atoms. The molecule has 0 fully saturated rings. The molecular weight excluding hydrogens is 186 g/mol. The molecule has 0 aliphatic carbocycles. The van der Waals surface area contributed by atoms with Crippen molar-refractivity contribution >= 4 is 0 Å². The van der Waals surface area contributed by atoms with Crippen LogP contribution < -0.4 is 5.73 Å². The first-order valence-corrected chi connectivity index (χ1v) is 5.24. The van der Waals surface area contributed by atoms with Gasteiger partial charge in [-0.05, 0) is 19.4 Å². The first kappa shape index (κ1) is 12.0. The van der Waals surface area contributed by atoms with Gasteiger partial charge in [-0.2, -0.15) is 0 Å². The molecule has 0 heterocycles. The van der Waals surface area contributed by atoms with Crippen molar-refractivity contribution in [1.82, 2.24) is 0 Å². The molecule has 1 aromatic rings. The second-order valence-corrected chi connectivity index (χ2v) is 3.66. The van der Waals surface area contributed by atoms with Crippen molar-refractivity contribution in [2.75, 3.05) is 6.61 Å². The zero-order valence-corrected chi connectivity index (χ0v) is 9.44. The first-order chi connectivity index (χ1) is 7.16. The van der Waals surface area contributed by atoms with Gasteiger partial charge in [0, 0.05) is 6.61 Å². The highest BCUT2D eigenvalue weighted by Crippen LogP contribution is 2.23. The highest BCUT2D eigenvalue weighted by Gasteiger charge is 2.20. The van der Waals surface area contributed by atoms with E-state index in [4.69, 9.17) is 10.5 Å². The fraction of sp³-hybridized carbons (Fsp3) is 0.385. The molecule has 0 aliphatic rings. The Balaban J connectivity index is 2.87. The minimum atomic E-state index is -0.146. The quantitative estimate of drug-likeness (QED) is 0.750. The van der Waals surface area contributed by atoms with Crippen LogP contribution in [0.5, 0.6) is 0 Å². The van der Waals surface area contributed by atoms with Crippen molar-refractivity contribution in [2.45, 2.75) is 26.0 Å². The third kappa shape index (κ3) is 3.18. The average molecular weight is 205 g/mol. The normalized spacial score (nSPS) is 14.6. The minimum absolute atomic E-state index is 0.0892. The van der Waals surface area contributed by atoms with E-state index in [-0.39, 0.29) is 12.1 Å². The molecule has 2 N–H and O–H groups in total. The van der Waals surface area contributed by atoms with Crippen LogP contribution in [0.25, 0.3) is 0 Å². The van der Waals surface area contributed by atoms with Crippen molar-refractivity contribution in [3.8, 4) is 0 Å². The molecule has 0 radical (unpaired) electrons. The average Bonchev–Trinajstić information content (AvgIpc) is 2.26. The standard InChI is InChI=1S/C13H19NO/c1-4-15-13(12(14)10(2)3)11-8-6-5-7-9-11/h5-9,12-13H,2,4,14H2,1,3H3. The maximum atomic E-state index is 6.05. The number of ether oxygens (including phenoxy) is 1. The summed E-state index contributed by atoms with van der Waals surface area (Å²) in [6.45, 7) is 8.44. The molecule has 0 spiro atoms. The summed E-state index contributed by atoms with van der Waals surface area (Å²) in [6, 6.07) is 9.89. The maximum Gasteiger partial charge on any atom is 0.101 e. The molecule has 0 aliphatic heterocycles. The summed E-state index contributed by atoms with van der Waals surface area (Å²) in [5.41, 5.74) is 8.10. The Labute approximate surface area is 91.7 Å². The lowest BCUT2D eigenvalue weighted by molar-refractivity contribution is 0.0513. The van der Waals surface area contributed by atoms with Gasteiger partial charge in [-0.25, -0.2) is 0 Å². The van der Waals surface area contributed by atoms with Gasteiger partial charge in [-0.1, -0.05) is 42.5 Å². The van der Waals surface area contributed by atoms with E-state index in [9.17, 15) is 0 Å². The predicted molar refractivity (Wildman–Crippen MR) is 63.6 cm³/mol. The Morgan fingerprint density at radius 3 is 2.47 bits per heavy atom. The number of rotatable bonds is 5. The van der Waals surface area contributed by atoms with E-state index < -0.39 is 0 Å². The Hall–Kier alpha value is -1.12. The van der Waals surface area contributed by atoms with Crippen molar-refractivity contribution < 1.29 is 4.74 Å². The summed E-state index contributed by atoms with van der Waals surface area (Å²) in [4.78, 5) is 0. The third-order valence-electron chi connectivity index (χ3n) is 2.37. The lowest BCUT2D eigenvalue weighted by Gasteiger charge is -2.24. The minimum Gasteiger partial charge on any atom is -0.372 e. The van der Waals surface area contributed by atoms with Crippen molar-refractivity contribution in [2.24, 2.45) is 5.73 Å². The zero-order chi connectivity index (χ0) is 11.3. The molecule has 2 unspecified atom stereocenters. The molecule has 15 heavy (non-hydrogen) atoms. The molecule has 2 heteroatoms. The lowest BCUT2D eigenvalue weighted by Crippen LogP contribution is -2.31. The summed E-state index contributed by atoms with van der Waals surface area (Å²) in [5.74, 6) is 0. The lowest BCUT2D eigenvalue weighted by atomic mass is 9.98. The van der Waals surface area contributed by atoms with Crippen LogP contribution in [-0.4, -0.2) is 12.6 Å². The van der Waals surface area contributed by atoms with Crippen LogP contribution in [0.2, 0.25) is 0 Å². The Morgan fingerprint density at radius 1 is 1.40 bits per heavy atom. The van der Waals surface area contributed by atoms with Gasteiger partial charge in [0.1, 0.15) is 6.10 Å². The third-order valence-corrected chi connectivity index (χ3v) is 2.37. The summed E-state index contributed by atoms with van der Waals surface area (Å²) in [6.07, 6.45) is -0.0892. The molecule has 82 valence electrons. The molecule has 1 rings (SSSR count). The Kier molecular flexibility index (Phi) is 4.53. The van der Waals surface area contributed by atoms with E-state index in [1.165, 1.54) is 0 Å². The van der Waals surface area contributed by atoms with Gasteiger partial charge in [0.15, 0.2) is 0 Å². The highest BCUT2D eigenvalue weighted by atomic mass is 16.5. The second kappa shape index (κ2) is 5.69. The number of benzene rings is 1. The van der Waals surface area contributed by atoms with Gasteiger partial charge >= 0.3 is 0 Å². The first-order valence-electron chi connectivity index (χ1n) is 5.24. The van der Waals surface area contributed by atoms with Crippen molar-refractivity contribution in [3.05, 3.63) is 48.0 Å². The van der Waals surface area contributed by atoms with Crippen LogP contribution >= 0.6 is 0 Å². The smallest absolute Gasteiger partial charge is 0.101 e. The number of nitrogens with two attached hydrogens (primary N) is 1. The van der Waals surface area contributed by atoms with Crippen LogP contribution in [0.3, 0.4) is 0 Å². The predicted octanol–water partition coefficient (Wildman–Crippen LogP) is 2.67. The SMILES string of the molecule is C=C(C)C(N)C(OCC)c1ccccc1. The van der Waals surface area contributed by atoms with Crippen molar-refractivity contribution in [1.29, 1.82) is 0 Å². The van der Waals surface area contributed by atoms with Gasteiger partial charge in [-0.3, -0.25) is 0 Å². The van der Waals surface area contributed by atoms with Crippen LogP contribution in [0.1, 0.15) is 25.5 Å². The van der Waals surface area contributed by atoms with Crippen LogP contribution in [0.4, 0.5) is 0 Å². The fourth-order valence-corrected chi connectivity index (χ4v) is 1.49. The molecule has 2 atom stereocenters. The second-order valence-electron chi connectivity index (χ2n) is 3.66. The topological polar surface area (TPSA) is 35.2 Å². The largest absolute Gasteiger partial charge is 0.372 e. The van der Waals surface area contributed by atoms with Gasteiger partial charge in [0.25, 0.3) is 0 Å². The van der Waals surface area contributed by atoms with E-state index in [1.807, 2.05) is 44.2 Å². The molecule has 1 aromatic carbocycles. The van der Waals surface area contributed by atoms with E-state index >= 15 is 0 Å². The highest BCUT2D eigenvalue weighted by molar-refractivity contribution is 5.22. The van der Waals surface area contributed by atoms with Crippen molar-refractivity contribution in [3.63, 3.8) is 0 Å². The van der Waals surface area contributed by atoms with Gasteiger partial charge < -0.3 is 10.5 Å². The van der Waals surface area contributed by atoms with Gasteiger partial charge in [0.05, 0.1) is 6.04 Å². The number of hydrogen-bond donors (Lipinski definition) is 1. The molecule has 0 aromatic heterocycles. The zero-order valence-electron chi connectivity index (χ0n) is 9.44. The summed E-state index contributed by atoms with van der Waals surface area (Å²) >= 11 is 0. The Morgan fingerprint density at radius 2 is 2.00 bits per heavy atom. The molecule has 0 saturated carbocycles. The van der Waals surface area contributed by atoms with Crippen LogP contribution in [0.15, 0.2) is 42.5 Å². The maximum absolute atomic E-state index is 6.05. The summed E-state index contributed by atoms with van der Waals surface area (Å²) in [7, 11) is 0. The number of hydrogen-bond acceptors (Lipinski definition) is 2. The van der Waals surface area contributed by atoms with E-state index in [2.05, 4.69) is 6.58 Å². The summed E-state index contributed by atoms with van der Waals surface area (Å²) < 4.78 is 5.67. The fourth-order valence-electron chi connectivity index (χ4n) is 1.49. The van der Waals surface area contributed by atoms with E-state index in [1.54, 1.807) is 0 Å². The molecule has 0 amide bonds.